The molecular formula is C9H10N2. The minimum absolute atomic E-state index is 1.04. The number of rotatable bonds is 3. The fourth-order valence-electron chi connectivity index (χ4n) is 0.986. The van der Waals surface area contributed by atoms with Crippen LogP contribution in [0.25, 0.3) is 0 Å². The molecule has 0 aliphatic carbocycles. The van der Waals surface area contributed by atoms with Crippen molar-refractivity contribution in [3.05, 3.63) is 42.5 Å². The highest BCUT2D eigenvalue weighted by molar-refractivity contribution is 5.07. The van der Waals surface area contributed by atoms with Crippen molar-refractivity contribution in [2.45, 2.75) is 6.42 Å². The SMILES string of the molecule is C1=CN1CCc1ccccn1. The summed E-state index contributed by atoms with van der Waals surface area (Å²) in [5, 5.41) is 0. The fraction of sp³-hybridized carbons (Fsp3) is 0.222. The van der Waals surface area contributed by atoms with Crippen LogP contribution < -0.4 is 0 Å². The summed E-state index contributed by atoms with van der Waals surface area (Å²) in [6.45, 7) is 1.07. The van der Waals surface area contributed by atoms with Gasteiger partial charge in [-0.1, -0.05) is 6.07 Å². The molecule has 1 aromatic heterocycles. The third kappa shape index (κ3) is 1.80. The van der Waals surface area contributed by atoms with Gasteiger partial charge in [-0.15, -0.1) is 0 Å². The van der Waals surface area contributed by atoms with E-state index in [4.69, 9.17) is 0 Å². The number of nitrogens with zero attached hydrogens (tertiary/aromatic N) is 2. The van der Waals surface area contributed by atoms with Crippen LogP contribution in [0.15, 0.2) is 36.8 Å². The van der Waals surface area contributed by atoms with Gasteiger partial charge >= 0.3 is 0 Å². The normalized spacial score (nSPS) is 13.6. The smallest absolute Gasteiger partial charge is 0.0421 e. The molecule has 0 amide bonds. The molecule has 2 rings (SSSR count). The van der Waals surface area contributed by atoms with Gasteiger partial charge < -0.3 is 4.90 Å². The van der Waals surface area contributed by atoms with Gasteiger partial charge in [-0.2, -0.15) is 0 Å². The summed E-state index contributed by atoms with van der Waals surface area (Å²) in [5.74, 6) is 0. The Morgan fingerprint density at radius 3 is 2.82 bits per heavy atom. The maximum absolute atomic E-state index is 4.22. The van der Waals surface area contributed by atoms with E-state index in [0.29, 0.717) is 0 Å². The standard InChI is InChI=1S/C9H10N2/c1-2-5-10-9(3-1)4-6-11-7-8-11/h1-3,5,7-8H,4,6H2. The Labute approximate surface area is 66.2 Å². The monoisotopic (exact) mass is 146 g/mol. The van der Waals surface area contributed by atoms with Gasteiger partial charge in [0.15, 0.2) is 0 Å². The fourth-order valence-corrected chi connectivity index (χ4v) is 0.986. The van der Waals surface area contributed by atoms with Gasteiger partial charge in [0.1, 0.15) is 0 Å². The lowest BCUT2D eigenvalue weighted by Gasteiger charge is -2.00. The maximum atomic E-state index is 4.22. The summed E-state index contributed by atoms with van der Waals surface area (Å²) >= 11 is 0. The number of hydrogen-bond donors (Lipinski definition) is 0. The lowest BCUT2D eigenvalue weighted by Crippen LogP contribution is -2.03. The minimum atomic E-state index is 1.04. The average Bonchev–Trinajstić information content (AvgIpc) is 2.86. The van der Waals surface area contributed by atoms with Crippen LogP contribution in [0.1, 0.15) is 5.69 Å². The molecule has 2 heterocycles. The molecule has 0 aromatic carbocycles. The van der Waals surface area contributed by atoms with Crippen molar-refractivity contribution in [3.63, 3.8) is 0 Å². The lowest BCUT2D eigenvalue weighted by atomic mass is 10.3. The van der Waals surface area contributed by atoms with Crippen molar-refractivity contribution < 1.29 is 0 Å². The number of hydrogen-bond acceptors (Lipinski definition) is 2. The van der Waals surface area contributed by atoms with Crippen molar-refractivity contribution in [1.82, 2.24) is 9.88 Å². The highest BCUT2D eigenvalue weighted by Gasteiger charge is 2.04. The van der Waals surface area contributed by atoms with Crippen LogP contribution in [0.4, 0.5) is 0 Å². The van der Waals surface area contributed by atoms with E-state index >= 15 is 0 Å². The van der Waals surface area contributed by atoms with Gasteiger partial charge in [0.2, 0.25) is 0 Å². The third-order valence-corrected chi connectivity index (χ3v) is 1.71. The second-order valence-electron chi connectivity index (χ2n) is 2.61. The highest BCUT2D eigenvalue weighted by atomic mass is 15.2. The lowest BCUT2D eigenvalue weighted by molar-refractivity contribution is 0.599. The van der Waals surface area contributed by atoms with Crippen molar-refractivity contribution >= 4 is 0 Å². The van der Waals surface area contributed by atoms with Gasteiger partial charge in [0.05, 0.1) is 0 Å². The quantitative estimate of drug-likeness (QED) is 0.641. The van der Waals surface area contributed by atoms with E-state index in [-0.39, 0.29) is 0 Å². The Hall–Kier alpha value is -1.31. The molecule has 11 heavy (non-hydrogen) atoms. The van der Waals surface area contributed by atoms with Crippen LogP contribution >= 0.6 is 0 Å². The molecule has 56 valence electrons. The summed E-state index contributed by atoms with van der Waals surface area (Å²) in [4.78, 5) is 6.39. The zero-order chi connectivity index (χ0) is 7.52. The van der Waals surface area contributed by atoms with E-state index in [1.807, 2.05) is 18.3 Å². The minimum Gasteiger partial charge on any atom is -0.351 e. The molecule has 0 atom stereocenters. The molecule has 1 aliphatic heterocycles. The molecule has 0 saturated carbocycles. The molecule has 0 spiro atoms. The molecule has 0 saturated heterocycles. The first-order valence-corrected chi connectivity index (χ1v) is 3.79. The number of pyridine rings is 1. The van der Waals surface area contributed by atoms with Crippen molar-refractivity contribution in [3.8, 4) is 0 Å². The van der Waals surface area contributed by atoms with Crippen LogP contribution in [0.5, 0.6) is 0 Å². The largest absolute Gasteiger partial charge is 0.351 e. The van der Waals surface area contributed by atoms with Gasteiger partial charge in [-0.3, -0.25) is 4.98 Å². The first kappa shape index (κ1) is 6.40. The van der Waals surface area contributed by atoms with E-state index < -0.39 is 0 Å². The Morgan fingerprint density at radius 2 is 2.18 bits per heavy atom. The van der Waals surface area contributed by atoms with Crippen LogP contribution in [-0.4, -0.2) is 16.4 Å². The van der Waals surface area contributed by atoms with E-state index in [9.17, 15) is 0 Å². The maximum Gasteiger partial charge on any atom is 0.0421 e. The van der Waals surface area contributed by atoms with Crippen molar-refractivity contribution in [2.24, 2.45) is 0 Å². The predicted molar refractivity (Wildman–Crippen MR) is 43.8 cm³/mol. The van der Waals surface area contributed by atoms with E-state index in [0.717, 1.165) is 13.0 Å². The molecule has 0 radical (unpaired) electrons. The van der Waals surface area contributed by atoms with Gasteiger partial charge in [0, 0.05) is 37.3 Å². The first-order valence-electron chi connectivity index (χ1n) is 3.79. The van der Waals surface area contributed by atoms with E-state index in [1.54, 1.807) is 0 Å². The highest BCUT2D eigenvalue weighted by Crippen LogP contribution is 2.07. The molecule has 0 N–H and O–H groups in total. The van der Waals surface area contributed by atoms with Crippen LogP contribution in [0, 0.1) is 0 Å². The van der Waals surface area contributed by atoms with Crippen molar-refractivity contribution in [1.29, 1.82) is 0 Å². The second kappa shape index (κ2) is 2.74. The molecule has 0 fully saturated rings. The van der Waals surface area contributed by atoms with Gasteiger partial charge in [0.25, 0.3) is 0 Å². The molecule has 2 heteroatoms. The molecular weight excluding hydrogens is 136 g/mol. The summed E-state index contributed by atoms with van der Waals surface area (Å²) in [5.41, 5.74) is 1.17. The average molecular weight is 146 g/mol. The first-order chi connectivity index (χ1) is 5.45. The van der Waals surface area contributed by atoms with Crippen LogP contribution in [-0.2, 0) is 6.42 Å². The second-order valence-corrected chi connectivity index (χ2v) is 2.61. The Kier molecular flexibility index (Phi) is 1.60. The summed E-state index contributed by atoms with van der Waals surface area (Å²) in [7, 11) is 0. The van der Waals surface area contributed by atoms with E-state index in [1.165, 1.54) is 5.69 Å². The molecule has 2 nitrogen and oxygen atoms in total. The Balaban J connectivity index is 1.85. The topological polar surface area (TPSA) is 15.9 Å². The number of aromatic nitrogens is 1. The molecule has 1 aromatic rings. The van der Waals surface area contributed by atoms with Crippen molar-refractivity contribution in [2.75, 3.05) is 6.54 Å². The zero-order valence-corrected chi connectivity index (χ0v) is 6.27. The van der Waals surface area contributed by atoms with Crippen LogP contribution in [0.2, 0.25) is 0 Å². The Bertz CT molecular complexity index is 248. The predicted octanol–water partition coefficient (Wildman–Crippen LogP) is 1.41. The summed E-state index contributed by atoms with van der Waals surface area (Å²) < 4.78 is 0. The van der Waals surface area contributed by atoms with E-state index in [2.05, 4.69) is 28.4 Å². The zero-order valence-electron chi connectivity index (χ0n) is 6.27. The van der Waals surface area contributed by atoms with Gasteiger partial charge in [-0.05, 0) is 12.1 Å². The molecule has 1 aliphatic rings. The van der Waals surface area contributed by atoms with Crippen LogP contribution in [0.3, 0.4) is 0 Å². The molecule has 0 bridgehead atoms. The summed E-state index contributed by atoms with van der Waals surface area (Å²) in [6.07, 6.45) is 7.02. The third-order valence-electron chi connectivity index (χ3n) is 1.71. The Morgan fingerprint density at radius 1 is 1.27 bits per heavy atom. The molecule has 0 unspecified atom stereocenters. The van der Waals surface area contributed by atoms with Gasteiger partial charge in [-0.25, -0.2) is 0 Å². The summed E-state index contributed by atoms with van der Waals surface area (Å²) in [6, 6.07) is 6.03.